The normalized spacial score (nSPS) is 11.3. The number of hydrogen-bond donors (Lipinski definition) is 1. The van der Waals surface area contributed by atoms with E-state index in [2.05, 4.69) is 6.58 Å². The van der Waals surface area contributed by atoms with Crippen LogP contribution in [0.3, 0.4) is 0 Å². The fourth-order valence-electron chi connectivity index (χ4n) is 1.69. The largest absolute Gasteiger partial charge is 0.479 e. The first kappa shape index (κ1) is 14.2. The molecule has 3 heteroatoms. The van der Waals surface area contributed by atoms with E-state index in [1.165, 1.54) is 0 Å². The third kappa shape index (κ3) is 4.47. The van der Waals surface area contributed by atoms with Crippen molar-refractivity contribution in [2.45, 2.75) is 51.6 Å². The summed E-state index contributed by atoms with van der Waals surface area (Å²) in [5.74, 6) is -0.838. The van der Waals surface area contributed by atoms with Gasteiger partial charge in [-0.2, -0.15) is 0 Å². The van der Waals surface area contributed by atoms with Crippen molar-refractivity contribution >= 4 is 5.97 Å². The van der Waals surface area contributed by atoms with E-state index in [1.807, 2.05) is 13.8 Å². The molecule has 0 aliphatic rings. The Kier molecular flexibility index (Phi) is 7.05. The molecule has 0 atom stereocenters. The molecule has 0 aliphatic heterocycles. The van der Waals surface area contributed by atoms with Crippen LogP contribution in [0.4, 0.5) is 0 Å². The Bertz CT molecular complexity index is 193. The summed E-state index contributed by atoms with van der Waals surface area (Å²) in [4.78, 5) is 11.2. The fourth-order valence-corrected chi connectivity index (χ4v) is 1.69. The molecular formula is C12H22O3. The molecule has 0 aromatic heterocycles. The maximum absolute atomic E-state index is 11.2. The third-order valence-electron chi connectivity index (χ3n) is 2.40. The summed E-state index contributed by atoms with van der Waals surface area (Å²) in [6.07, 6.45) is 5.23. The molecule has 0 rings (SSSR count). The number of ether oxygens (including phenoxy) is 1. The van der Waals surface area contributed by atoms with Gasteiger partial charge in [0.15, 0.2) is 5.60 Å². The first-order valence-corrected chi connectivity index (χ1v) is 5.61. The molecule has 3 nitrogen and oxygen atoms in total. The summed E-state index contributed by atoms with van der Waals surface area (Å²) in [7, 11) is 0. The van der Waals surface area contributed by atoms with Crippen LogP contribution in [0.5, 0.6) is 0 Å². The molecule has 0 saturated carbocycles. The zero-order chi connectivity index (χ0) is 11.7. The number of carbonyl (C=O) groups is 1. The van der Waals surface area contributed by atoms with E-state index in [4.69, 9.17) is 4.74 Å². The smallest absolute Gasteiger partial charge is 0.335 e. The van der Waals surface area contributed by atoms with Gasteiger partial charge in [0, 0.05) is 0 Å². The molecule has 0 unspecified atom stereocenters. The number of carboxylic acid groups (broad SMARTS) is 1. The second-order valence-electron chi connectivity index (χ2n) is 3.73. The predicted molar refractivity (Wildman–Crippen MR) is 60.9 cm³/mol. The van der Waals surface area contributed by atoms with E-state index in [-0.39, 0.29) is 0 Å². The monoisotopic (exact) mass is 214 g/mol. The number of carboxylic acids is 1. The topological polar surface area (TPSA) is 46.5 Å². The van der Waals surface area contributed by atoms with Crippen molar-refractivity contribution < 1.29 is 14.6 Å². The molecule has 0 bridgehead atoms. The highest BCUT2D eigenvalue weighted by molar-refractivity contribution is 5.77. The van der Waals surface area contributed by atoms with Crippen LogP contribution in [-0.2, 0) is 9.53 Å². The van der Waals surface area contributed by atoms with E-state index in [0.717, 1.165) is 12.8 Å². The van der Waals surface area contributed by atoms with E-state index >= 15 is 0 Å². The van der Waals surface area contributed by atoms with Crippen LogP contribution in [0.25, 0.3) is 0 Å². The van der Waals surface area contributed by atoms with Crippen molar-refractivity contribution in [3.8, 4) is 0 Å². The van der Waals surface area contributed by atoms with Crippen LogP contribution in [0.1, 0.15) is 46.0 Å². The van der Waals surface area contributed by atoms with Crippen LogP contribution in [0, 0.1) is 0 Å². The molecule has 1 N–H and O–H groups in total. The van der Waals surface area contributed by atoms with Crippen molar-refractivity contribution in [1.82, 2.24) is 0 Å². The van der Waals surface area contributed by atoms with Crippen molar-refractivity contribution in [2.75, 3.05) is 6.61 Å². The highest BCUT2D eigenvalue weighted by atomic mass is 16.5. The lowest BCUT2D eigenvalue weighted by Crippen LogP contribution is -2.41. The first-order chi connectivity index (χ1) is 7.13. The maximum atomic E-state index is 11.2. The minimum Gasteiger partial charge on any atom is -0.479 e. The van der Waals surface area contributed by atoms with Crippen LogP contribution >= 0.6 is 0 Å². The van der Waals surface area contributed by atoms with E-state index in [9.17, 15) is 9.90 Å². The van der Waals surface area contributed by atoms with Crippen LogP contribution in [0.15, 0.2) is 12.7 Å². The molecule has 15 heavy (non-hydrogen) atoms. The Morgan fingerprint density at radius 2 is 1.93 bits per heavy atom. The molecule has 0 aromatic rings. The number of hydrogen-bond acceptors (Lipinski definition) is 2. The fraction of sp³-hybridized carbons (Fsp3) is 0.750. The molecular weight excluding hydrogens is 192 g/mol. The second-order valence-corrected chi connectivity index (χ2v) is 3.73. The minimum absolute atomic E-state index is 0.440. The summed E-state index contributed by atoms with van der Waals surface area (Å²) < 4.78 is 5.54. The molecule has 0 amide bonds. The summed E-state index contributed by atoms with van der Waals surface area (Å²) in [6.45, 7) is 7.98. The molecule has 0 heterocycles. The lowest BCUT2D eigenvalue weighted by molar-refractivity contribution is -0.168. The van der Waals surface area contributed by atoms with Gasteiger partial charge in [0.25, 0.3) is 0 Å². The lowest BCUT2D eigenvalue weighted by Gasteiger charge is -2.29. The SMILES string of the molecule is C=CCCOC(CCC)(CCC)C(=O)O. The predicted octanol–water partition coefficient (Wildman–Crippen LogP) is 3.00. The minimum atomic E-state index is -0.980. The summed E-state index contributed by atoms with van der Waals surface area (Å²) in [5.41, 5.74) is -0.980. The van der Waals surface area contributed by atoms with Gasteiger partial charge in [0.2, 0.25) is 0 Å². The van der Waals surface area contributed by atoms with Gasteiger partial charge in [-0.05, 0) is 19.3 Å². The Balaban J connectivity index is 4.46. The highest BCUT2D eigenvalue weighted by Crippen LogP contribution is 2.25. The van der Waals surface area contributed by atoms with Gasteiger partial charge >= 0.3 is 5.97 Å². The summed E-state index contributed by atoms with van der Waals surface area (Å²) in [6, 6.07) is 0. The molecule has 0 aromatic carbocycles. The van der Waals surface area contributed by atoms with Gasteiger partial charge in [-0.1, -0.05) is 32.8 Å². The van der Waals surface area contributed by atoms with Gasteiger partial charge in [0.1, 0.15) is 0 Å². The van der Waals surface area contributed by atoms with Crippen LogP contribution < -0.4 is 0 Å². The average Bonchev–Trinajstić information content (AvgIpc) is 2.18. The van der Waals surface area contributed by atoms with Gasteiger partial charge in [-0.15, -0.1) is 6.58 Å². The summed E-state index contributed by atoms with van der Waals surface area (Å²) in [5, 5.41) is 9.23. The van der Waals surface area contributed by atoms with Crippen LogP contribution in [0.2, 0.25) is 0 Å². The number of aliphatic carboxylic acids is 1. The highest BCUT2D eigenvalue weighted by Gasteiger charge is 2.37. The molecule has 0 spiro atoms. The first-order valence-electron chi connectivity index (χ1n) is 5.61. The molecule has 0 aliphatic carbocycles. The third-order valence-corrected chi connectivity index (χ3v) is 2.40. The Hall–Kier alpha value is -0.830. The Morgan fingerprint density at radius 3 is 2.27 bits per heavy atom. The zero-order valence-electron chi connectivity index (χ0n) is 9.79. The van der Waals surface area contributed by atoms with Gasteiger partial charge in [0.05, 0.1) is 6.61 Å². The van der Waals surface area contributed by atoms with Crippen molar-refractivity contribution in [3.63, 3.8) is 0 Å². The average molecular weight is 214 g/mol. The quantitative estimate of drug-likeness (QED) is 0.474. The van der Waals surface area contributed by atoms with Crippen molar-refractivity contribution in [3.05, 3.63) is 12.7 Å². The van der Waals surface area contributed by atoms with E-state index < -0.39 is 11.6 Å². The van der Waals surface area contributed by atoms with Gasteiger partial charge in [-0.25, -0.2) is 4.79 Å². The van der Waals surface area contributed by atoms with E-state index in [0.29, 0.717) is 25.9 Å². The van der Waals surface area contributed by atoms with E-state index in [1.54, 1.807) is 6.08 Å². The maximum Gasteiger partial charge on any atom is 0.335 e. The molecule has 0 fully saturated rings. The standard InChI is InChI=1S/C12H22O3/c1-4-7-10-15-12(8-5-2,9-6-3)11(13)14/h4H,1,5-10H2,2-3H3,(H,13,14). The van der Waals surface area contributed by atoms with Crippen LogP contribution in [-0.4, -0.2) is 23.3 Å². The zero-order valence-corrected chi connectivity index (χ0v) is 9.79. The number of rotatable bonds is 9. The Labute approximate surface area is 92.1 Å². The van der Waals surface area contributed by atoms with Crippen molar-refractivity contribution in [2.24, 2.45) is 0 Å². The Morgan fingerprint density at radius 1 is 1.40 bits per heavy atom. The van der Waals surface area contributed by atoms with Gasteiger partial charge in [-0.3, -0.25) is 0 Å². The molecule has 0 radical (unpaired) electrons. The molecule has 88 valence electrons. The van der Waals surface area contributed by atoms with Crippen molar-refractivity contribution in [1.29, 1.82) is 0 Å². The molecule has 0 saturated heterocycles. The second kappa shape index (κ2) is 7.46. The summed E-state index contributed by atoms with van der Waals surface area (Å²) >= 11 is 0. The lowest BCUT2D eigenvalue weighted by atomic mass is 9.92. The van der Waals surface area contributed by atoms with Gasteiger partial charge < -0.3 is 9.84 Å².